The highest BCUT2D eigenvalue weighted by atomic mass is 16.5. The molecule has 6 rings (SSSR count). The second kappa shape index (κ2) is 9.83. The van der Waals surface area contributed by atoms with E-state index in [1.54, 1.807) is 0 Å². The minimum atomic E-state index is 0.553. The zero-order valence-electron chi connectivity index (χ0n) is 20.3. The average Bonchev–Trinajstić information content (AvgIpc) is 3.66. The Morgan fingerprint density at radius 1 is 0.889 bits per heavy atom. The van der Waals surface area contributed by atoms with Crippen molar-refractivity contribution in [2.75, 3.05) is 31.6 Å². The fraction of sp³-hybridized carbons (Fsp3) is 0.250. The van der Waals surface area contributed by atoms with Crippen LogP contribution in [0.3, 0.4) is 0 Å². The lowest BCUT2D eigenvalue weighted by Gasteiger charge is -2.15. The predicted octanol–water partition coefficient (Wildman–Crippen LogP) is 5.02. The third-order valence-corrected chi connectivity index (χ3v) is 6.56. The Bertz CT molecular complexity index is 1450. The summed E-state index contributed by atoms with van der Waals surface area (Å²) >= 11 is 0. The van der Waals surface area contributed by atoms with E-state index in [0.717, 1.165) is 46.0 Å². The molecule has 1 aliphatic heterocycles. The van der Waals surface area contributed by atoms with Gasteiger partial charge in [-0.15, -0.1) is 5.10 Å². The monoisotopic (exact) mass is 479 g/mol. The van der Waals surface area contributed by atoms with Crippen LogP contribution in [0.25, 0.3) is 28.0 Å². The number of nitrogens with one attached hydrogen (secondary N) is 1. The molecule has 0 unspecified atom stereocenters. The zero-order valence-corrected chi connectivity index (χ0v) is 20.3. The van der Waals surface area contributed by atoms with E-state index < -0.39 is 0 Å². The van der Waals surface area contributed by atoms with Crippen LogP contribution in [0.1, 0.15) is 12.8 Å². The molecular formula is C28H29N7O. The number of hydrogen-bond donors (Lipinski definition) is 1. The van der Waals surface area contributed by atoms with Crippen LogP contribution in [0, 0.1) is 0 Å². The first-order valence-electron chi connectivity index (χ1n) is 12.4. The molecule has 0 atom stereocenters. The Hall–Kier alpha value is -4.17. The van der Waals surface area contributed by atoms with Gasteiger partial charge in [-0.1, -0.05) is 30.3 Å². The summed E-state index contributed by atoms with van der Waals surface area (Å²) in [4.78, 5) is 7.12. The molecule has 36 heavy (non-hydrogen) atoms. The van der Waals surface area contributed by atoms with Crippen LogP contribution < -0.4 is 10.1 Å². The smallest absolute Gasteiger partial charge is 0.247 e. The summed E-state index contributed by atoms with van der Waals surface area (Å²) in [6.07, 6.45) is 6.49. The van der Waals surface area contributed by atoms with E-state index in [1.165, 1.54) is 25.9 Å². The standard InChI is InChI=1S/C28H29N7O/c1-33-20-23(19-29-33)21-7-9-22(10-8-21)26-5-4-6-27-31-28(32-35(26)27)30-24-11-13-25(14-12-24)36-18-17-34-15-2-3-16-34/h4-14,19-20H,2-3,15-18H2,1H3,(H,30,32). The summed E-state index contributed by atoms with van der Waals surface area (Å²) in [5, 5.41) is 12.3. The van der Waals surface area contributed by atoms with Crippen molar-refractivity contribution in [3.8, 4) is 28.1 Å². The molecule has 2 aromatic carbocycles. The van der Waals surface area contributed by atoms with Crippen molar-refractivity contribution in [1.82, 2.24) is 29.3 Å². The minimum absolute atomic E-state index is 0.553. The Morgan fingerprint density at radius 2 is 1.67 bits per heavy atom. The third-order valence-electron chi connectivity index (χ3n) is 6.56. The predicted molar refractivity (Wildman–Crippen MR) is 142 cm³/mol. The van der Waals surface area contributed by atoms with Gasteiger partial charge in [0.05, 0.1) is 11.9 Å². The number of pyridine rings is 1. The number of rotatable bonds is 8. The lowest BCUT2D eigenvalue weighted by Crippen LogP contribution is -2.25. The highest BCUT2D eigenvalue weighted by Crippen LogP contribution is 2.26. The molecule has 0 amide bonds. The molecule has 0 radical (unpaired) electrons. The second-order valence-corrected chi connectivity index (χ2v) is 9.14. The Balaban J connectivity index is 1.15. The van der Waals surface area contributed by atoms with E-state index in [4.69, 9.17) is 9.84 Å². The van der Waals surface area contributed by atoms with Crippen LogP contribution in [0.15, 0.2) is 79.1 Å². The summed E-state index contributed by atoms with van der Waals surface area (Å²) in [6, 6.07) is 22.4. The number of likely N-dealkylation sites (tertiary alicyclic amines) is 1. The van der Waals surface area contributed by atoms with Crippen molar-refractivity contribution in [2.45, 2.75) is 12.8 Å². The van der Waals surface area contributed by atoms with Crippen LogP contribution in [0.5, 0.6) is 5.75 Å². The van der Waals surface area contributed by atoms with E-state index >= 15 is 0 Å². The van der Waals surface area contributed by atoms with Gasteiger partial charge in [-0.2, -0.15) is 10.1 Å². The average molecular weight is 480 g/mol. The third kappa shape index (κ3) is 4.81. The van der Waals surface area contributed by atoms with Gasteiger partial charge in [0.25, 0.3) is 0 Å². The fourth-order valence-corrected chi connectivity index (χ4v) is 4.64. The summed E-state index contributed by atoms with van der Waals surface area (Å²) in [6.45, 7) is 4.08. The molecule has 1 aliphatic rings. The largest absolute Gasteiger partial charge is 0.492 e. The number of fused-ring (bicyclic) bond motifs is 1. The van der Waals surface area contributed by atoms with Crippen molar-refractivity contribution >= 4 is 17.3 Å². The van der Waals surface area contributed by atoms with Crippen LogP contribution in [-0.4, -0.2) is 55.5 Å². The Labute approximate surface area is 210 Å². The van der Waals surface area contributed by atoms with Crippen molar-refractivity contribution in [3.05, 3.63) is 79.1 Å². The van der Waals surface area contributed by atoms with Crippen molar-refractivity contribution in [2.24, 2.45) is 7.05 Å². The fourth-order valence-electron chi connectivity index (χ4n) is 4.64. The van der Waals surface area contributed by atoms with Crippen molar-refractivity contribution < 1.29 is 4.74 Å². The topological polar surface area (TPSA) is 72.5 Å². The lowest BCUT2D eigenvalue weighted by atomic mass is 10.1. The zero-order chi connectivity index (χ0) is 24.3. The summed E-state index contributed by atoms with van der Waals surface area (Å²) in [5.41, 5.74) is 5.97. The number of nitrogens with zero attached hydrogens (tertiary/aromatic N) is 6. The molecule has 3 aromatic heterocycles. The van der Waals surface area contributed by atoms with Gasteiger partial charge in [0.1, 0.15) is 12.4 Å². The van der Waals surface area contributed by atoms with Crippen LogP contribution in [0.4, 0.5) is 11.6 Å². The van der Waals surface area contributed by atoms with Crippen LogP contribution in [-0.2, 0) is 7.05 Å². The maximum Gasteiger partial charge on any atom is 0.247 e. The van der Waals surface area contributed by atoms with Gasteiger partial charge in [-0.3, -0.25) is 9.58 Å². The van der Waals surface area contributed by atoms with E-state index in [-0.39, 0.29) is 0 Å². The molecule has 0 aliphatic carbocycles. The maximum absolute atomic E-state index is 5.91. The van der Waals surface area contributed by atoms with Gasteiger partial charge in [-0.05, 0) is 67.9 Å². The molecular weight excluding hydrogens is 450 g/mol. The number of anilines is 2. The lowest BCUT2D eigenvalue weighted by molar-refractivity contribution is 0.238. The summed E-state index contributed by atoms with van der Waals surface area (Å²) < 4.78 is 9.60. The molecule has 1 saturated heterocycles. The number of hydrogen-bond acceptors (Lipinski definition) is 6. The maximum atomic E-state index is 5.91. The van der Waals surface area contributed by atoms with Crippen LogP contribution >= 0.6 is 0 Å². The van der Waals surface area contributed by atoms with Gasteiger partial charge in [0, 0.05) is 36.6 Å². The highest BCUT2D eigenvalue weighted by Gasteiger charge is 2.12. The van der Waals surface area contributed by atoms with Gasteiger partial charge in [0.2, 0.25) is 5.95 Å². The van der Waals surface area contributed by atoms with E-state index in [0.29, 0.717) is 12.6 Å². The van der Waals surface area contributed by atoms with Crippen molar-refractivity contribution in [3.63, 3.8) is 0 Å². The molecule has 1 fully saturated rings. The molecule has 5 aromatic rings. The van der Waals surface area contributed by atoms with Crippen LogP contribution in [0.2, 0.25) is 0 Å². The Morgan fingerprint density at radius 3 is 2.42 bits per heavy atom. The first-order chi connectivity index (χ1) is 17.7. The van der Waals surface area contributed by atoms with Gasteiger partial charge >= 0.3 is 0 Å². The molecule has 182 valence electrons. The first kappa shape index (κ1) is 22.3. The molecule has 1 N–H and O–H groups in total. The SMILES string of the molecule is Cn1cc(-c2ccc(-c3cccc4nc(Nc5ccc(OCCN6CCCC6)cc5)nn34)cc2)cn1. The summed E-state index contributed by atoms with van der Waals surface area (Å²) in [5.74, 6) is 1.43. The molecule has 8 nitrogen and oxygen atoms in total. The first-order valence-corrected chi connectivity index (χ1v) is 12.4. The van der Waals surface area contributed by atoms with Gasteiger partial charge in [-0.25, -0.2) is 4.52 Å². The van der Waals surface area contributed by atoms with Gasteiger partial charge < -0.3 is 10.1 Å². The normalized spacial score (nSPS) is 13.9. The highest BCUT2D eigenvalue weighted by molar-refractivity contribution is 5.70. The van der Waals surface area contributed by atoms with Crippen molar-refractivity contribution in [1.29, 1.82) is 0 Å². The van der Waals surface area contributed by atoms with E-state index in [9.17, 15) is 0 Å². The quantitative estimate of drug-likeness (QED) is 0.337. The molecule has 4 heterocycles. The number of benzene rings is 2. The summed E-state index contributed by atoms with van der Waals surface area (Å²) in [7, 11) is 1.92. The second-order valence-electron chi connectivity index (χ2n) is 9.14. The molecule has 0 bridgehead atoms. The number of aryl methyl sites for hydroxylation is 1. The number of aromatic nitrogens is 5. The molecule has 0 saturated carbocycles. The molecule has 8 heteroatoms. The van der Waals surface area contributed by atoms with Gasteiger partial charge in [0.15, 0.2) is 5.65 Å². The Kier molecular flexibility index (Phi) is 6.09. The van der Waals surface area contributed by atoms with E-state index in [2.05, 4.69) is 50.6 Å². The number of ether oxygens (including phenoxy) is 1. The minimum Gasteiger partial charge on any atom is -0.492 e. The van der Waals surface area contributed by atoms with E-state index in [1.807, 2.05) is 65.0 Å². The molecule has 0 spiro atoms.